The predicted octanol–water partition coefficient (Wildman–Crippen LogP) is 6.87. The normalized spacial score (nSPS) is 16.2. The molecule has 2 aromatic carbocycles. The standard InChI is InChI=1S/C34H37FO4/c1-5-29-19-28(14-11-25-9-12-27(13-10-25)22-39-34(36)7-3)20-30(6-2)32(29)18-16-26-15-17-31(33(35)21-26)23-38-24-37-8-4/h7-8,15,17,19-21,25,27H,3-6,9-10,12-13,22-24H2,1-2H3. The lowest BCUT2D eigenvalue weighted by atomic mass is 9.82. The molecule has 0 radical (unpaired) electrons. The zero-order chi connectivity index (χ0) is 28.0. The Hall–Kier alpha value is -3.80. The third-order valence-corrected chi connectivity index (χ3v) is 6.87. The van der Waals surface area contributed by atoms with Crippen molar-refractivity contribution in [2.24, 2.45) is 11.8 Å². The van der Waals surface area contributed by atoms with Crippen molar-refractivity contribution in [3.05, 3.63) is 95.0 Å². The molecule has 4 nitrogen and oxygen atoms in total. The minimum Gasteiger partial charge on any atom is -0.476 e. The minimum absolute atomic E-state index is 0.0284. The van der Waals surface area contributed by atoms with Crippen LogP contribution in [0.15, 0.2) is 55.8 Å². The lowest BCUT2D eigenvalue weighted by molar-refractivity contribution is -0.139. The van der Waals surface area contributed by atoms with Gasteiger partial charge in [-0.05, 0) is 79.8 Å². The van der Waals surface area contributed by atoms with Crippen molar-refractivity contribution < 1.29 is 23.4 Å². The Balaban J connectivity index is 1.69. The van der Waals surface area contributed by atoms with E-state index in [1.807, 2.05) is 0 Å². The van der Waals surface area contributed by atoms with Gasteiger partial charge < -0.3 is 14.2 Å². The van der Waals surface area contributed by atoms with Crippen molar-refractivity contribution in [1.82, 2.24) is 0 Å². The summed E-state index contributed by atoms with van der Waals surface area (Å²) >= 11 is 0. The number of aryl methyl sites for hydroxylation is 2. The van der Waals surface area contributed by atoms with E-state index in [0.29, 0.717) is 29.6 Å². The van der Waals surface area contributed by atoms with Gasteiger partial charge in [-0.25, -0.2) is 9.18 Å². The molecule has 1 fully saturated rings. The van der Waals surface area contributed by atoms with Crippen LogP contribution in [-0.4, -0.2) is 19.4 Å². The maximum Gasteiger partial charge on any atom is 0.330 e. The summed E-state index contributed by atoms with van der Waals surface area (Å²) in [6.45, 7) is 11.7. The van der Waals surface area contributed by atoms with Gasteiger partial charge in [0.05, 0.1) is 19.5 Å². The molecule has 0 bridgehead atoms. The molecule has 1 aliphatic rings. The van der Waals surface area contributed by atoms with Crippen LogP contribution < -0.4 is 0 Å². The zero-order valence-electron chi connectivity index (χ0n) is 23.0. The highest BCUT2D eigenvalue weighted by molar-refractivity contribution is 5.81. The van der Waals surface area contributed by atoms with E-state index in [1.54, 1.807) is 12.1 Å². The molecule has 3 rings (SSSR count). The lowest BCUT2D eigenvalue weighted by Gasteiger charge is -2.25. The van der Waals surface area contributed by atoms with Crippen molar-refractivity contribution in [1.29, 1.82) is 0 Å². The van der Waals surface area contributed by atoms with Crippen LogP contribution in [0.2, 0.25) is 0 Å². The number of carbonyl (C=O) groups is 1. The second-order valence-electron chi connectivity index (χ2n) is 9.55. The molecule has 0 aromatic heterocycles. The molecule has 2 aromatic rings. The molecule has 0 saturated heterocycles. The number of hydrogen-bond acceptors (Lipinski definition) is 4. The minimum atomic E-state index is -0.357. The summed E-state index contributed by atoms with van der Waals surface area (Å²) < 4.78 is 29.9. The van der Waals surface area contributed by atoms with Gasteiger partial charge in [0.1, 0.15) is 5.82 Å². The van der Waals surface area contributed by atoms with Gasteiger partial charge in [0.25, 0.3) is 0 Å². The smallest absolute Gasteiger partial charge is 0.330 e. The molecular formula is C34H37FO4. The highest BCUT2D eigenvalue weighted by atomic mass is 19.1. The van der Waals surface area contributed by atoms with Gasteiger partial charge in [-0.3, -0.25) is 0 Å². The summed E-state index contributed by atoms with van der Waals surface area (Å²) in [4.78, 5) is 11.3. The highest BCUT2D eigenvalue weighted by Crippen LogP contribution is 2.29. The average molecular weight is 529 g/mol. The number of rotatable bonds is 10. The summed E-state index contributed by atoms with van der Waals surface area (Å²) in [7, 11) is 0. The van der Waals surface area contributed by atoms with Crippen LogP contribution in [0.5, 0.6) is 0 Å². The number of benzene rings is 2. The number of halogens is 1. The number of ether oxygens (including phenoxy) is 3. The van der Waals surface area contributed by atoms with E-state index < -0.39 is 0 Å². The fourth-order valence-electron chi connectivity index (χ4n) is 4.60. The third kappa shape index (κ3) is 9.17. The summed E-state index contributed by atoms with van der Waals surface area (Å²) in [6.07, 6.45) is 8.20. The van der Waals surface area contributed by atoms with Crippen LogP contribution in [0.4, 0.5) is 4.39 Å². The summed E-state index contributed by atoms with van der Waals surface area (Å²) in [6, 6.07) is 9.19. The third-order valence-electron chi connectivity index (χ3n) is 6.87. The van der Waals surface area contributed by atoms with Gasteiger partial charge in [-0.15, -0.1) is 0 Å². The monoisotopic (exact) mass is 528 g/mol. The summed E-state index contributed by atoms with van der Waals surface area (Å²) in [5, 5.41) is 0. The fourth-order valence-corrected chi connectivity index (χ4v) is 4.60. The quantitative estimate of drug-likeness (QED) is 0.0843. The Morgan fingerprint density at radius 2 is 1.69 bits per heavy atom. The molecule has 0 amide bonds. The molecule has 1 aliphatic carbocycles. The fraction of sp³-hybridized carbons (Fsp3) is 0.382. The van der Waals surface area contributed by atoms with Crippen LogP contribution in [0.3, 0.4) is 0 Å². The Morgan fingerprint density at radius 1 is 0.974 bits per heavy atom. The topological polar surface area (TPSA) is 44.8 Å². The van der Waals surface area contributed by atoms with Crippen LogP contribution in [0.1, 0.15) is 72.9 Å². The highest BCUT2D eigenvalue weighted by Gasteiger charge is 2.21. The van der Waals surface area contributed by atoms with Gasteiger partial charge in [0, 0.05) is 34.2 Å². The van der Waals surface area contributed by atoms with E-state index in [-0.39, 0.29) is 25.2 Å². The molecular weight excluding hydrogens is 491 g/mol. The second-order valence-corrected chi connectivity index (χ2v) is 9.55. The van der Waals surface area contributed by atoms with E-state index >= 15 is 0 Å². The first kappa shape index (κ1) is 29.8. The Labute approximate surface area is 232 Å². The summed E-state index contributed by atoms with van der Waals surface area (Å²) in [5.41, 5.74) is 5.35. The number of hydrogen-bond donors (Lipinski definition) is 0. The molecule has 39 heavy (non-hydrogen) atoms. The SMILES string of the molecule is C=COCOCc1ccc(C#Cc2c(CC)cc(C#CC3CCC(COC(=O)C=C)CC3)cc2CC)cc1F. The van der Waals surface area contributed by atoms with E-state index in [2.05, 4.69) is 62.8 Å². The van der Waals surface area contributed by atoms with Crippen LogP contribution in [0.25, 0.3) is 0 Å². The predicted molar refractivity (Wildman–Crippen MR) is 152 cm³/mol. The molecule has 0 heterocycles. The van der Waals surface area contributed by atoms with Gasteiger partial charge >= 0.3 is 5.97 Å². The van der Waals surface area contributed by atoms with Crippen molar-refractivity contribution in [3.63, 3.8) is 0 Å². The molecule has 0 aliphatic heterocycles. The van der Waals surface area contributed by atoms with E-state index in [1.165, 1.54) is 18.4 Å². The van der Waals surface area contributed by atoms with Gasteiger partial charge in [0.15, 0.2) is 6.79 Å². The van der Waals surface area contributed by atoms with Gasteiger partial charge in [-0.1, -0.05) is 56.8 Å². The molecule has 0 unspecified atom stereocenters. The molecule has 204 valence electrons. The van der Waals surface area contributed by atoms with Crippen molar-refractivity contribution in [2.75, 3.05) is 13.4 Å². The first-order chi connectivity index (χ1) is 19.0. The maximum atomic E-state index is 14.5. The van der Waals surface area contributed by atoms with E-state index in [0.717, 1.165) is 60.8 Å². The first-order valence-corrected chi connectivity index (χ1v) is 13.5. The van der Waals surface area contributed by atoms with Crippen molar-refractivity contribution in [3.8, 4) is 23.7 Å². The van der Waals surface area contributed by atoms with Crippen molar-refractivity contribution >= 4 is 5.97 Å². The molecule has 0 atom stereocenters. The molecule has 1 saturated carbocycles. The van der Waals surface area contributed by atoms with Crippen LogP contribution >= 0.6 is 0 Å². The number of carbonyl (C=O) groups excluding carboxylic acids is 1. The van der Waals surface area contributed by atoms with E-state index in [4.69, 9.17) is 14.2 Å². The second kappa shape index (κ2) is 15.6. The largest absolute Gasteiger partial charge is 0.476 e. The van der Waals surface area contributed by atoms with Crippen molar-refractivity contribution in [2.45, 2.75) is 59.0 Å². The Bertz CT molecular complexity index is 1250. The summed E-state index contributed by atoms with van der Waals surface area (Å²) in [5.74, 6) is 13.4. The van der Waals surface area contributed by atoms with E-state index in [9.17, 15) is 9.18 Å². The Kier molecular flexibility index (Phi) is 11.9. The lowest BCUT2D eigenvalue weighted by Crippen LogP contribution is -2.19. The molecule has 5 heteroatoms. The zero-order valence-corrected chi connectivity index (χ0v) is 23.0. The van der Waals surface area contributed by atoms with Gasteiger partial charge in [0.2, 0.25) is 0 Å². The average Bonchev–Trinajstić information content (AvgIpc) is 2.97. The van der Waals surface area contributed by atoms with Gasteiger partial charge in [-0.2, -0.15) is 0 Å². The van der Waals surface area contributed by atoms with Crippen LogP contribution in [0, 0.1) is 41.3 Å². The number of esters is 1. The first-order valence-electron chi connectivity index (χ1n) is 13.5. The molecule has 0 N–H and O–H groups in total. The maximum absolute atomic E-state index is 14.5. The molecule has 0 spiro atoms. The van der Waals surface area contributed by atoms with Crippen LogP contribution in [-0.2, 0) is 38.5 Å². The Morgan fingerprint density at radius 3 is 2.31 bits per heavy atom.